The van der Waals surface area contributed by atoms with Gasteiger partial charge in [0.05, 0.1) is 12.1 Å². The first-order valence-corrected chi connectivity index (χ1v) is 8.77. The normalized spacial score (nSPS) is 15.7. The van der Waals surface area contributed by atoms with Crippen molar-refractivity contribution in [3.63, 3.8) is 0 Å². The predicted molar refractivity (Wildman–Crippen MR) is 107 cm³/mol. The van der Waals surface area contributed by atoms with Crippen molar-refractivity contribution in [1.29, 1.82) is 0 Å². The molecule has 0 spiro atoms. The number of terminal acetylenes is 1. The average molecular weight is 379 g/mol. The molecule has 9 heteroatoms. The third-order valence-electron chi connectivity index (χ3n) is 4.45. The number of aromatic nitrogens is 2. The van der Waals surface area contributed by atoms with Crippen LogP contribution in [0.4, 0.5) is 23.1 Å². The summed E-state index contributed by atoms with van der Waals surface area (Å²) in [5.41, 5.74) is 12.6. The largest absolute Gasteiger partial charge is 0.368 e. The Bertz CT molecular complexity index is 921. The number of primary amides is 2. The van der Waals surface area contributed by atoms with Crippen molar-refractivity contribution in [2.45, 2.75) is 18.9 Å². The van der Waals surface area contributed by atoms with Gasteiger partial charge in [0.1, 0.15) is 11.9 Å². The topological polar surface area (TPSA) is 139 Å². The van der Waals surface area contributed by atoms with Crippen LogP contribution in [0.1, 0.15) is 23.2 Å². The highest BCUT2D eigenvalue weighted by molar-refractivity contribution is 5.97. The zero-order valence-corrected chi connectivity index (χ0v) is 15.2. The summed E-state index contributed by atoms with van der Waals surface area (Å²) in [5, 5.41) is 5.92. The third-order valence-corrected chi connectivity index (χ3v) is 4.45. The molecule has 1 saturated heterocycles. The first-order chi connectivity index (χ1) is 13.5. The van der Waals surface area contributed by atoms with Crippen molar-refractivity contribution in [2.24, 2.45) is 11.5 Å². The fourth-order valence-corrected chi connectivity index (χ4v) is 3.13. The highest BCUT2D eigenvalue weighted by Crippen LogP contribution is 2.27. The molecular weight excluding hydrogens is 358 g/mol. The number of amides is 2. The molecule has 1 aromatic carbocycles. The van der Waals surface area contributed by atoms with Crippen LogP contribution in [0, 0.1) is 12.3 Å². The van der Waals surface area contributed by atoms with E-state index in [0.29, 0.717) is 0 Å². The molecule has 6 N–H and O–H groups in total. The van der Waals surface area contributed by atoms with Crippen LogP contribution in [-0.2, 0) is 4.79 Å². The number of nitrogens with zero attached hydrogens (tertiary/aromatic N) is 3. The smallest absolute Gasteiger partial charge is 0.254 e. The van der Waals surface area contributed by atoms with Gasteiger partial charge in [-0.15, -0.1) is 6.42 Å². The van der Waals surface area contributed by atoms with Crippen LogP contribution in [0.15, 0.2) is 30.5 Å². The predicted octanol–water partition coefficient (Wildman–Crippen LogP) is 0.818. The molecule has 3 rings (SSSR count). The molecule has 28 heavy (non-hydrogen) atoms. The lowest BCUT2D eigenvalue weighted by atomic mass is 10.2. The molecule has 0 unspecified atom stereocenters. The summed E-state index contributed by atoms with van der Waals surface area (Å²) in [5.74, 6) is 2.01. The number of hydrogen-bond acceptors (Lipinski definition) is 7. The van der Waals surface area contributed by atoms with Gasteiger partial charge in [0.15, 0.2) is 0 Å². The van der Waals surface area contributed by atoms with Gasteiger partial charge in [-0.3, -0.25) is 9.59 Å². The number of carbonyl (C=O) groups is 2. The van der Waals surface area contributed by atoms with E-state index in [0.717, 1.165) is 30.8 Å². The molecule has 144 valence electrons. The van der Waals surface area contributed by atoms with E-state index in [2.05, 4.69) is 26.5 Å². The molecule has 1 aliphatic rings. The van der Waals surface area contributed by atoms with Gasteiger partial charge in [-0.2, -0.15) is 4.98 Å². The van der Waals surface area contributed by atoms with E-state index in [-0.39, 0.29) is 35.8 Å². The number of nitrogens with two attached hydrogens (primary N) is 2. The Kier molecular flexibility index (Phi) is 5.60. The van der Waals surface area contributed by atoms with Gasteiger partial charge in [-0.1, -0.05) is 5.92 Å². The zero-order valence-electron chi connectivity index (χ0n) is 15.2. The molecular formula is C19H21N7O2. The van der Waals surface area contributed by atoms with Crippen LogP contribution < -0.4 is 27.0 Å². The second-order valence-corrected chi connectivity index (χ2v) is 6.30. The maximum absolute atomic E-state index is 11.6. The van der Waals surface area contributed by atoms with E-state index in [9.17, 15) is 9.59 Å². The van der Waals surface area contributed by atoms with Crippen LogP contribution in [-0.4, -0.2) is 40.9 Å². The average Bonchev–Trinajstić information content (AvgIpc) is 3.17. The SMILES string of the molecule is C#CCNc1nc(Nc2ccc(N3CCC[C@H]3C(N)=O)cc2)ncc1C(N)=O. The Morgan fingerprint density at radius 3 is 2.68 bits per heavy atom. The third kappa shape index (κ3) is 4.12. The number of benzene rings is 1. The Labute approximate surface area is 162 Å². The van der Waals surface area contributed by atoms with Crippen molar-refractivity contribution in [3.8, 4) is 12.3 Å². The van der Waals surface area contributed by atoms with Crippen molar-refractivity contribution in [1.82, 2.24) is 9.97 Å². The fourth-order valence-electron chi connectivity index (χ4n) is 3.13. The van der Waals surface area contributed by atoms with Crippen LogP contribution in [0.2, 0.25) is 0 Å². The number of nitrogens with one attached hydrogen (secondary N) is 2. The summed E-state index contributed by atoms with van der Waals surface area (Å²) in [6.07, 6.45) is 8.28. The van der Waals surface area contributed by atoms with E-state index < -0.39 is 5.91 Å². The maximum Gasteiger partial charge on any atom is 0.254 e. The highest BCUT2D eigenvalue weighted by atomic mass is 16.1. The van der Waals surface area contributed by atoms with Gasteiger partial charge < -0.3 is 27.0 Å². The number of anilines is 4. The molecule has 1 aliphatic heterocycles. The van der Waals surface area contributed by atoms with Crippen LogP contribution in [0.25, 0.3) is 0 Å². The van der Waals surface area contributed by atoms with E-state index in [1.54, 1.807) is 0 Å². The van der Waals surface area contributed by atoms with Gasteiger partial charge in [0.2, 0.25) is 11.9 Å². The standard InChI is InChI=1S/C19H21N7O2/c1-2-9-22-18-14(16(20)27)11-23-19(25-18)24-12-5-7-13(8-6-12)26-10-3-4-15(26)17(21)28/h1,5-8,11,15H,3-4,9-10H2,(H2,20,27)(H2,21,28)(H2,22,23,24,25)/t15-/m0/s1. The molecule has 0 aliphatic carbocycles. The Morgan fingerprint density at radius 1 is 1.29 bits per heavy atom. The van der Waals surface area contributed by atoms with Gasteiger partial charge in [-0.05, 0) is 37.1 Å². The van der Waals surface area contributed by atoms with E-state index in [4.69, 9.17) is 17.9 Å². The quantitative estimate of drug-likeness (QED) is 0.522. The highest BCUT2D eigenvalue weighted by Gasteiger charge is 2.28. The lowest BCUT2D eigenvalue weighted by Gasteiger charge is -2.24. The van der Waals surface area contributed by atoms with Crippen LogP contribution in [0.3, 0.4) is 0 Å². The number of carbonyl (C=O) groups excluding carboxylic acids is 2. The summed E-state index contributed by atoms with van der Waals surface area (Å²) in [4.78, 5) is 33.4. The minimum absolute atomic E-state index is 0.155. The second kappa shape index (κ2) is 8.26. The molecule has 2 heterocycles. The van der Waals surface area contributed by atoms with Gasteiger partial charge in [-0.25, -0.2) is 4.98 Å². The molecule has 0 bridgehead atoms. The Morgan fingerprint density at radius 2 is 2.04 bits per heavy atom. The molecule has 2 aromatic rings. The number of hydrogen-bond donors (Lipinski definition) is 4. The molecule has 1 aromatic heterocycles. The summed E-state index contributed by atoms with van der Waals surface area (Å²) >= 11 is 0. The second-order valence-electron chi connectivity index (χ2n) is 6.30. The lowest BCUT2D eigenvalue weighted by Crippen LogP contribution is -2.40. The van der Waals surface area contributed by atoms with Gasteiger partial charge in [0.25, 0.3) is 5.91 Å². The molecule has 0 saturated carbocycles. The minimum atomic E-state index is -0.648. The first-order valence-electron chi connectivity index (χ1n) is 8.77. The van der Waals surface area contributed by atoms with Crippen molar-refractivity contribution >= 4 is 35.0 Å². The fraction of sp³-hybridized carbons (Fsp3) is 0.263. The Hall–Kier alpha value is -3.80. The molecule has 2 amide bonds. The first kappa shape index (κ1) is 19.0. The minimum Gasteiger partial charge on any atom is -0.368 e. The molecule has 9 nitrogen and oxygen atoms in total. The van der Waals surface area contributed by atoms with Crippen LogP contribution in [0.5, 0.6) is 0 Å². The number of rotatable bonds is 7. The summed E-state index contributed by atoms with van der Waals surface area (Å²) in [7, 11) is 0. The lowest BCUT2D eigenvalue weighted by molar-refractivity contribution is -0.119. The van der Waals surface area contributed by atoms with Gasteiger partial charge >= 0.3 is 0 Å². The van der Waals surface area contributed by atoms with Crippen molar-refractivity contribution in [2.75, 3.05) is 28.6 Å². The summed E-state index contributed by atoms with van der Waals surface area (Å²) in [6, 6.07) is 7.24. The Balaban J connectivity index is 1.76. The monoisotopic (exact) mass is 379 g/mol. The molecule has 0 radical (unpaired) electrons. The van der Waals surface area contributed by atoms with E-state index in [1.807, 2.05) is 29.2 Å². The molecule has 1 fully saturated rings. The van der Waals surface area contributed by atoms with Crippen molar-refractivity contribution < 1.29 is 9.59 Å². The summed E-state index contributed by atoms with van der Waals surface area (Å²) in [6.45, 7) is 0.991. The zero-order chi connectivity index (χ0) is 20.1. The summed E-state index contributed by atoms with van der Waals surface area (Å²) < 4.78 is 0. The van der Waals surface area contributed by atoms with Crippen LogP contribution >= 0.6 is 0 Å². The maximum atomic E-state index is 11.6. The van der Waals surface area contributed by atoms with E-state index in [1.165, 1.54) is 6.20 Å². The van der Waals surface area contributed by atoms with Crippen molar-refractivity contribution in [3.05, 3.63) is 36.0 Å². The molecule has 1 atom stereocenters. The van der Waals surface area contributed by atoms with Gasteiger partial charge in [0, 0.05) is 24.1 Å². The van der Waals surface area contributed by atoms with E-state index >= 15 is 0 Å².